The van der Waals surface area contributed by atoms with Crippen molar-refractivity contribution >= 4 is 5.78 Å². The fraction of sp³-hybridized carbons (Fsp3) is 0.545. The van der Waals surface area contributed by atoms with Gasteiger partial charge in [0.05, 0.1) is 5.92 Å². The summed E-state index contributed by atoms with van der Waals surface area (Å²) in [4.78, 5) is 11.7. The number of allylic oxidation sites excluding steroid dienone is 4. The van der Waals surface area contributed by atoms with Crippen LogP contribution in [0.4, 0.5) is 0 Å². The van der Waals surface area contributed by atoms with Gasteiger partial charge in [-0.3, -0.25) is 4.79 Å². The standard InChI is InChI=1S/C11H12O/c1-5-6(2)9-8-4-3-7(5)11(12)10(8)9/h3-4,7-10H,1-2H3. The van der Waals surface area contributed by atoms with Crippen molar-refractivity contribution in [1.29, 1.82) is 0 Å². The third kappa shape index (κ3) is 0.521. The van der Waals surface area contributed by atoms with Crippen LogP contribution in [0.15, 0.2) is 23.3 Å². The van der Waals surface area contributed by atoms with Gasteiger partial charge in [-0.2, -0.15) is 0 Å². The molecule has 1 saturated carbocycles. The largest absolute Gasteiger partial charge is 0.298 e. The fourth-order valence-corrected chi connectivity index (χ4v) is 2.91. The van der Waals surface area contributed by atoms with Crippen molar-refractivity contribution in [2.45, 2.75) is 13.8 Å². The molecule has 0 saturated heterocycles. The van der Waals surface area contributed by atoms with Crippen molar-refractivity contribution in [2.24, 2.45) is 23.7 Å². The van der Waals surface area contributed by atoms with E-state index < -0.39 is 0 Å². The van der Waals surface area contributed by atoms with Crippen LogP contribution in [0.1, 0.15) is 13.8 Å². The molecular formula is C11H12O. The summed E-state index contributed by atoms with van der Waals surface area (Å²) in [6, 6.07) is 0. The maximum absolute atomic E-state index is 11.7. The molecule has 3 aliphatic carbocycles. The lowest BCUT2D eigenvalue weighted by Crippen LogP contribution is -2.23. The monoisotopic (exact) mass is 160 g/mol. The molecule has 0 aliphatic heterocycles. The summed E-state index contributed by atoms with van der Waals surface area (Å²) in [7, 11) is 0. The van der Waals surface area contributed by atoms with Crippen molar-refractivity contribution in [3.63, 3.8) is 0 Å². The van der Waals surface area contributed by atoms with Crippen molar-refractivity contribution in [1.82, 2.24) is 0 Å². The highest BCUT2D eigenvalue weighted by Gasteiger charge is 2.60. The van der Waals surface area contributed by atoms with Gasteiger partial charge in [0.25, 0.3) is 0 Å². The predicted octanol–water partition coefficient (Wildman–Crippen LogP) is 1.95. The van der Waals surface area contributed by atoms with Gasteiger partial charge in [0.15, 0.2) is 0 Å². The third-order valence-electron chi connectivity index (χ3n) is 3.82. The Kier molecular flexibility index (Phi) is 0.959. The highest BCUT2D eigenvalue weighted by Crippen LogP contribution is 2.60. The fourth-order valence-electron chi connectivity index (χ4n) is 2.91. The molecule has 62 valence electrons. The van der Waals surface area contributed by atoms with Crippen LogP contribution in [0.2, 0.25) is 0 Å². The lowest BCUT2D eigenvalue weighted by molar-refractivity contribution is -0.122. The summed E-state index contributed by atoms with van der Waals surface area (Å²) in [5.41, 5.74) is 2.80. The molecule has 1 nitrogen and oxygen atoms in total. The average molecular weight is 160 g/mol. The summed E-state index contributed by atoms with van der Waals surface area (Å²) < 4.78 is 0. The smallest absolute Gasteiger partial charge is 0.148 e. The lowest BCUT2D eigenvalue weighted by Gasteiger charge is -2.20. The minimum atomic E-state index is 0.144. The van der Waals surface area contributed by atoms with Crippen LogP contribution in [-0.4, -0.2) is 5.78 Å². The number of hydrogen-bond acceptors (Lipinski definition) is 1. The van der Waals surface area contributed by atoms with Gasteiger partial charge >= 0.3 is 0 Å². The van der Waals surface area contributed by atoms with Gasteiger partial charge in [0.2, 0.25) is 0 Å². The molecule has 0 heterocycles. The average Bonchev–Trinajstić information content (AvgIpc) is 2.77. The van der Waals surface area contributed by atoms with E-state index in [4.69, 9.17) is 0 Å². The van der Waals surface area contributed by atoms with Crippen LogP contribution in [0.3, 0.4) is 0 Å². The van der Waals surface area contributed by atoms with E-state index >= 15 is 0 Å². The van der Waals surface area contributed by atoms with Gasteiger partial charge in [-0.05, 0) is 25.7 Å². The summed E-state index contributed by atoms with van der Waals surface area (Å²) in [6.45, 7) is 4.30. The Balaban J connectivity index is 2.23. The van der Waals surface area contributed by atoms with E-state index in [1.165, 1.54) is 11.1 Å². The molecule has 4 unspecified atom stereocenters. The lowest BCUT2D eigenvalue weighted by atomic mass is 9.82. The molecule has 2 bridgehead atoms. The van der Waals surface area contributed by atoms with E-state index in [-0.39, 0.29) is 5.92 Å². The Morgan fingerprint density at radius 1 is 1.08 bits per heavy atom. The van der Waals surface area contributed by atoms with E-state index in [1.807, 2.05) is 0 Å². The van der Waals surface area contributed by atoms with E-state index in [1.54, 1.807) is 0 Å². The second kappa shape index (κ2) is 1.73. The molecule has 3 rings (SSSR count). The normalized spacial score (nSPS) is 48.3. The third-order valence-corrected chi connectivity index (χ3v) is 3.82. The predicted molar refractivity (Wildman–Crippen MR) is 46.5 cm³/mol. The van der Waals surface area contributed by atoms with Crippen LogP contribution < -0.4 is 0 Å². The first-order chi connectivity index (χ1) is 5.72. The van der Waals surface area contributed by atoms with Crippen LogP contribution >= 0.6 is 0 Å². The van der Waals surface area contributed by atoms with Crippen molar-refractivity contribution in [2.75, 3.05) is 0 Å². The molecule has 1 fully saturated rings. The summed E-state index contributed by atoms with van der Waals surface area (Å²) in [6.07, 6.45) is 4.36. The van der Waals surface area contributed by atoms with E-state index in [0.29, 0.717) is 23.5 Å². The number of carbonyl (C=O) groups excluding carboxylic acids is 1. The van der Waals surface area contributed by atoms with Crippen LogP contribution in [0.25, 0.3) is 0 Å². The molecule has 0 aromatic carbocycles. The van der Waals surface area contributed by atoms with Crippen molar-refractivity contribution < 1.29 is 4.79 Å². The Hall–Kier alpha value is -0.850. The molecule has 0 spiro atoms. The molecule has 12 heavy (non-hydrogen) atoms. The van der Waals surface area contributed by atoms with Gasteiger partial charge in [0, 0.05) is 5.92 Å². The minimum Gasteiger partial charge on any atom is -0.298 e. The first-order valence-electron chi connectivity index (χ1n) is 4.61. The number of Topliss-reactive ketones (excluding diaryl/α,β-unsaturated/α-hetero) is 1. The number of carbonyl (C=O) groups is 1. The number of fused-ring (bicyclic) bond motifs is 2. The first kappa shape index (κ1) is 6.64. The molecular weight excluding hydrogens is 148 g/mol. The Morgan fingerprint density at radius 3 is 2.58 bits per heavy atom. The Morgan fingerprint density at radius 2 is 1.83 bits per heavy atom. The van der Waals surface area contributed by atoms with Gasteiger partial charge in [-0.25, -0.2) is 0 Å². The number of rotatable bonds is 0. The Bertz CT molecular complexity index is 335. The van der Waals surface area contributed by atoms with Crippen LogP contribution in [0, 0.1) is 23.7 Å². The summed E-state index contributed by atoms with van der Waals surface area (Å²) >= 11 is 0. The second-order valence-corrected chi connectivity index (χ2v) is 4.26. The maximum Gasteiger partial charge on any atom is 0.148 e. The summed E-state index contributed by atoms with van der Waals surface area (Å²) in [5, 5.41) is 0. The molecule has 0 amide bonds. The SMILES string of the molecule is CC1=C(C)C2C3C=CC1C(=O)C32. The quantitative estimate of drug-likeness (QED) is 0.495. The zero-order valence-corrected chi connectivity index (χ0v) is 7.37. The van der Waals surface area contributed by atoms with E-state index in [2.05, 4.69) is 26.0 Å². The Labute approximate surface area is 72.2 Å². The molecule has 4 atom stereocenters. The molecule has 0 N–H and O–H groups in total. The van der Waals surface area contributed by atoms with Gasteiger partial charge in [-0.1, -0.05) is 23.3 Å². The van der Waals surface area contributed by atoms with Crippen LogP contribution in [0.5, 0.6) is 0 Å². The molecule has 0 aromatic rings. The highest BCUT2D eigenvalue weighted by molar-refractivity contribution is 5.94. The van der Waals surface area contributed by atoms with Gasteiger partial charge in [0.1, 0.15) is 5.78 Å². The zero-order chi connectivity index (χ0) is 8.46. The van der Waals surface area contributed by atoms with Crippen molar-refractivity contribution in [3.05, 3.63) is 23.3 Å². The maximum atomic E-state index is 11.7. The van der Waals surface area contributed by atoms with E-state index in [9.17, 15) is 4.79 Å². The van der Waals surface area contributed by atoms with Gasteiger partial charge in [-0.15, -0.1) is 0 Å². The molecule has 0 radical (unpaired) electrons. The van der Waals surface area contributed by atoms with Crippen molar-refractivity contribution in [3.8, 4) is 0 Å². The highest BCUT2D eigenvalue weighted by atomic mass is 16.1. The minimum absolute atomic E-state index is 0.144. The van der Waals surface area contributed by atoms with E-state index in [0.717, 1.165) is 0 Å². The molecule has 0 aromatic heterocycles. The van der Waals surface area contributed by atoms with Crippen LogP contribution in [-0.2, 0) is 4.79 Å². The van der Waals surface area contributed by atoms with Gasteiger partial charge < -0.3 is 0 Å². The second-order valence-electron chi connectivity index (χ2n) is 4.26. The first-order valence-corrected chi connectivity index (χ1v) is 4.61. The topological polar surface area (TPSA) is 17.1 Å². The molecule has 1 heteroatoms. The molecule has 3 aliphatic rings. The summed E-state index contributed by atoms with van der Waals surface area (Å²) in [5.74, 6) is 2.17. The number of hydrogen-bond donors (Lipinski definition) is 0. The number of ketones is 1. The zero-order valence-electron chi connectivity index (χ0n) is 7.37.